The minimum Gasteiger partial charge on any atom is -0.370 e. The first-order valence-electron chi connectivity index (χ1n) is 7.24. The summed E-state index contributed by atoms with van der Waals surface area (Å²) < 4.78 is 0. The van der Waals surface area contributed by atoms with Gasteiger partial charge < -0.3 is 16.0 Å². The van der Waals surface area contributed by atoms with E-state index < -0.39 is 0 Å². The molecule has 1 heterocycles. The summed E-state index contributed by atoms with van der Waals surface area (Å²) in [5.41, 5.74) is 5.73. The predicted octanol–water partition coefficient (Wildman–Crippen LogP) is 1.48. The van der Waals surface area contributed by atoms with Crippen LogP contribution in [-0.2, 0) is 4.79 Å². The van der Waals surface area contributed by atoms with Crippen LogP contribution in [0.4, 0.5) is 0 Å². The van der Waals surface area contributed by atoms with Gasteiger partial charge >= 0.3 is 0 Å². The standard InChI is InChI=1S/C14H28N4O/c1-14(2,3)17-13(15)16-9-7-11-18-10-6-4-5-8-12(18)19/h4-11H2,1-3H3,(H3,15,16,17). The van der Waals surface area contributed by atoms with E-state index in [0.717, 1.165) is 32.4 Å². The Kier molecular flexibility index (Phi) is 6.12. The second kappa shape index (κ2) is 7.36. The first-order chi connectivity index (χ1) is 8.88. The number of nitrogens with one attached hydrogen (secondary N) is 1. The van der Waals surface area contributed by atoms with E-state index >= 15 is 0 Å². The molecule has 5 nitrogen and oxygen atoms in total. The second-order valence-electron chi connectivity index (χ2n) is 6.19. The zero-order valence-corrected chi connectivity index (χ0v) is 12.5. The van der Waals surface area contributed by atoms with Crippen molar-refractivity contribution >= 4 is 11.9 Å². The monoisotopic (exact) mass is 268 g/mol. The number of hydrogen-bond acceptors (Lipinski definition) is 2. The number of aliphatic imine (C=N–C) groups is 1. The minimum absolute atomic E-state index is 0.0612. The van der Waals surface area contributed by atoms with E-state index in [1.165, 1.54) is 6.42 Å². The first-order valence-corrected chi connectivity index (χ1v) is 7.24. The Morgan fingerprint density at radius 1 is 1.37 bits per heavy atom. The van der Waals surface area contributed by atoms with E-state index in [1.807, 2.05) is 25.7 Å². The molecular formula is C14H28N4O. The van der Waals surface area contributed by atoms with Crippen molar-refractivity contribution in [2.75, 3.05) is 19.6 Å². The maximum atomic E-state index is 11.8. The number of carbonyl (C=O) groups is 1. The minimum atomic E-state index is -0.0612. The Morgan fingerprint density at radius 3 is 2.79 bits per heavy atom. The van der Waals surface area contributed by atoms with Gasteiger partial charge in [-0.25, -0.2) is 0 Å². The van der Waals surface area contributed by atoms with Gasteiger partial charge in [-0.2, -0.15) is 0 Å². The van der Waals surface area contributed by atoms with Gasteiger partial charge in [-0.05, 0) is 40.0 Å². The first kappa shape index (κ1) is 15.8. The molecule has 1 aliphatic rings. The molecule has 1 rings (SSSR count). The molecule has 0 radical (unpaired) electrons. The molecule has 5 heteroatoms. The third kappa shape index (κ3) is 7.03. The van der Waals surface area contributed by atoms with Crippen molar-refractivity contribution in [2.24, 2.45) is 10.7 Å². The van der Waals surface area contributed by atoms with Crippen LogP contribution in [0.1, 0.15) is 52.9 Å². The van der Waals surface area contributed by atoms with Crippen molar-refractivity contribution in [1.29, 1.82) is 0 Å². The molecule has 0 aliphatic carbocycles. The molecule has 19 heavy (non-hydrogen) atoms. The molecule has 0 aromatic rings. The van der Waals surface area contributed by atoms with E-state index in [0.29, 0.717) is 24.8 Å². The molecule has 1 saturated heterocycles. The second-order valence-corrected chi connectivity index (χ2v) is 6.19. The normalized spacial score (nSPS) is 18.4. The molecule has 110 valence electrons. The van der Waals surface area contributed by atoms with Crippen molar-refractivity contribution in [2.45, 2.75) is 58.4 Å². The SMILES string of the molecule is CC(C)(C)NC(N)=NCCCN1CCCCCC1=O. The molecule has 1 aliphatic heterocycles. The highest BCUT2D eigenvalue weighted by molar-refractivity contribution is 5.78. The number of rotatable bonds is 4. The number of hydrogen-bond donors (Lipinski definition) is 2. The van der Waals surface area contributed by atoms with E-state index in [4.69, 9.17) is 5.73 Å². The maximum absolute atomic E-state index is 11.8. The van der Waals surface area contributed by atoms with E-state index in [-0.39, 0.29) is 5.54 Å². The fourth-order valence-electron chi connectivity index (χ4n) is 2.16. The van der Waals surface area contributed by atoms with Gasteiger partial charge in [0, 0.05) is 31.6 Å². The fourth-order valence-corrected chi connectivity index (χ4v) is 2.16. The average Bonchev–Trinajstić information content (AvgIpc) is 2.47. The van der Waals surface area contributed by atoms with E-state index in [9.17, 15) is 4.79 Å². The lowest BCUT2D eigenvalue weighted by Gasteiger charge is -2.21. The number of carbonyl (C=O) groups excluding carboxylic acids is 1. The quantitative estimate of drug-likeness (QED) is 0.461. The van der Waals surface area contributed by atoms with Gasteiger partial charge in [-0.3, -0.25) is 9.79 Å². The fraction of sp³-hybridized carbons (Fsp3) is 0.857. The van der Waals surface area contributed by atoms with Gasteiger partial charge in [0.05, 0.1) is 0 Å². The third-order valence-electron chi connectivity index (χ3n) is 3.04. The maximum Gasteiger partial charge on any atom is 0.222 e. The summed E-state index contributed by atoms with van der Waals surface area (Å²) in [5.74, 6) is 0.775. The largest absolute Gasteiger partial charge is 0.370 e. The van der Waals surface area contributed by atoms with Crippen molar-refractivity contribution in [1.82, 2.24) is 10.2 Å². The van der Waals surface area contributed by atoms with Gasteiger partial charge in [0.1, 0.15) is 0 Å². The number of nitrogens with two attached hydrogens (primary N) is 1. The van der Waals surface area contributed by atoms with E-state index in [1.54, 1.807) is 0 Å². The smallest absolute Gasteiger partial charge is 0.222 e. The molecule has 0 atom stereocenters. The van der Waals surface area contributed by atoms with Crippen LogP contribution in [0.2, 0.25) is 0 Å². The summed E-state index contributed by atoms with van der Waals surface area (Å²) in [5, 5.41) is 3.12. The van der Waals surface area contributed by atoms with Crippen LogP contribution in [0.5, 0.6) is 0 Å². The Bertz CT molecular complexity index is 320. The lowest BCUT2D eigenvalue weighted by molar-refractivity contribution is -0.130. The zero-order valence-electron chi connectivity index (χ0n) is 12.5. The molecular weight excluding hydrogens is 240 g/mol. The summed E-state index contributed by atoms with van der Waals surface area (Å²) in [6.45, 7) is 8.50. The highest BCUT2D eigenvalue weighted by Gasteiger charge is 2.15. The molecule has 0 bridgehead atoms. The van der Waals surface area contributed by atoms with Gasteiger partial charge in [0.2, 0.25) is 5.91 Å². The molecule has 1 amide bonds. The van der Waals surface area contributed by atoms with Gasteiger partial charge in [-0.15, -0.1) is 0 Å². The van der Waals surface area contributed by atoms with Crippen LogP contribution < -0.4 is 11.1 Å². The number of nitrogens with zero attached hydrogens (tertiary/aromatic N) is 2. The summed E-state index contributed by atoms with van der Waals surface area (Å²) in [4.78, 5) is 18.0. The molecule has 0 saturated carbocycles. The van der Waals surface area contributed by atoms with Crippen LogP contribution in [0.25, 0.3) is 0 Å². The molecule has 0 unspecified atom stereocenters. The molecule has 0 aromatic heterocycles. The summed E-state index contributed by atoms with van der Waals surface area (Å²) in [6, 6.07) is 0. The highest BCUT2D eigenvalue weighted by atomic mass is 16.2. The summed E-state index contributed by atoms with van der Waals surface area (Å²) in [7, 11) is 0. The Hall–Kier alpha value is -1.26. The lowest BCUT2D eigenvalue weighted by Crippen LogP contribution is -2.45. The number of guanidine groups is 1. The van der Waals surface area contributed by atoms with Crippen molar-refractivity contribution in [3.63, 3.8) is 0 Å². The molecule has 1 fully saturated rings. The number of likely N-dealkylation sites (tertiary alicyclic amines) is 1. The topological polar surface area (TPSA) is 70.7 Å². The predicted molar refractivity (Wildman–Crippen MR) is 79.0 cm³/mol. The molecule has 0 aromatic carbocycles. The van der Waals surface area contributed by atoms with Gasteiger partial charge in [0.15, 0.2) is 5.96 Å². The molecule has 0 spiro atoms. The van der Waals surface area contributed by atoms with Crippen LogP contribution in [-0.4, -0.2) is 41.9 Å². The van der Waals surface area contributed by atoms with Crippen LogP contribution in [0.15, 0.2) is 4.99 Å². The highest BCUT2D eigenvalue weighted by Crippen LogP contribution is 2.11. The zero-order chi connectivity index (χ0) is 14.3. The average molecular weight is 268 g/mol. The Balaban J connectivity index is 2.25. The van der Waals surface area contributed by atoms with Crippen LogP contribution >= 0.6 is 0 Å². The van der Waals surface area contributed by atoms with Crippen molar-refractivity contribution in [3.8, 4) is 0 Å². The lowest BCUT2D eigenvalue weighted by atomic mass is 10.1. The van der Waals surface area contributed by atoms with Crippen LogP contribution in [0, 0.1) is 0 Å². The van der Waals surface area contributed by atoms with Crippen molar-refractivity contribution < 1.29 is 4.79 Å². The summed E-state index contributed by atoms with van der Waals surface area (Å²) >= 11 is 0. The third-order valence-corrected chi connectivity index (χ3v) is 3.04. The van der Waals surface area contributed by atoms with Gasteiger partial charge in [0.25, 0.3) is 0 Å². The van der Waals surface area contributed by atoms with E-state index in [2.05, 4.69) is 10.3 Å². The molecule has 3 N–H and O–H groups in total. The number of amides is 1. The Labute approximate surface area is 116 Å². The van der Waals surface area contributed by atoms with Gasteiger partial charge in [-0.1, -0.05) is 6.42 Å². The van der Waals surface area contributed by atoms with Crippen molar-refractivity contribution in [3.05, 3.63) is 0 Å². The van der Waals surface area contributed by atoms with Crippen LogP contribution in [0.3, 0.4) is 0 Å². The Morgan fingerprint density at radius 2 is 2.11 bits per heavy atom. The summed E-state index contributed by atoms with van der Waals surface area (Å²) in [6.07, 6.45) is 4.91.